The number of aryl methyl sites for hydroxylation is 1. The molecule has 0 amide bonds. The Morgan fingerprint density at radius 3 is 2.36 bits per heavy atom. The number of hydrogen-bond donors (Lipinski definition) is 0. The number of benzene rings is 1. The molecule has 122 valence electrons. The molecule has 0 unspecified atom stereocenters. The molecule has 1 aromatic carbocycles. The first kappa shape index (κ1) is 17.4. The normalized spacial score (nSPS) is 17.5. The van der Waals surface area contributed by atoms with Crippen molar-refractivity contribution in [1.82, 2.24) is 4.31 Å². The summed E-state index contributed by atoms with van der Waals surface area (Å²) in [6.07, 6.45) is 2.40. The maximum atomic E-state index is 12.6. The molecule has 1 aromatic rings. The quantitative estimate of drug-likeness (QED) is 0.746. The summed E-state index contributed by atoms with van der Waals surface area (Å²) >= 11 is 5.61. The zero-order chi connectivity index (χ0) is 16.2. The van der Waals surface area contributed by atoms with E-state index in [1.54, 1.807) is 24.3 Å². The molecular formula is C16H22ClNO3S. The van der Waals surface area contributed by atoms with E-state index in [-0.39, 0.29) is 11.7 Å². The highest BCUT2D eigenvalue weighted by molar-refractivity contribution is 7.89. The zero-order valence-corrected chi connectivity index (χ0v) is 14.4. The third kappa shape index (κ3) is 4.09. The van der Waals surface area contributed by atoms with Crippen LogP contribution in [0.2, 0.25) is 0 Å². The Labute approximate surface area is 137 Å². The summed E-state index contributed by atoms with van der Waals surface area (Å²) in [6, 6.07) is 6.88. The summed E-state index contributed by atoms with van der Waals surface area (Å²) in [5.41, 5.74) is 1.03. The number of sulfonamides is 1. The number of carbonyl (C=O) groups excluding carboxylic acids is 1. The van der Waals surface area contributed by atoms with E-state index in [9.17, 15) is 13.2 Å². The van der Waals surface area contributed by atoms with Gasteiger partial charge in [0.15, 0.2) is 0 Å². The number of carbonyl (C=O) groups is 1. The number of rotatable bonds is 6. The highest BCUT2D eigenvalue weighted by Crippen LogP contribution is 2.25. The van der Waals surface area contributed by atoms with Crippen LogP contribution in [0, 0.1) is 12.8 Å². The third-order valence-electron chi connectivity index (χ3n) is 4.12. The highest BCUT2D eigenvalue weighted by atomic mass is 35.5. The predicted octanol–water partition coefficient (Wildman–Crippen LogP) is 2.98. The lowest BCUT2D eigenvalue weighted by Gasteiger charge is -2.30. The Kier molecular flexibility index (Phi) is 6.01. The number of halogens is 1. The van der Waals surface area contributed by atoms with Crippen molar-refractivity contribution in [2.75, 3.05) is 19.0 Å². The van der Waals surface area contributed by atoms with Crippen LogP contribution >= 0.6 is 11.6 Å². The van der Waals surface area contributed by atoms with Gasteiger partial charge in [-0.15, -0.1) is 11.6 Å². The lowest BCUT2D eigenvalue weighted by atomic mass is 9.91. The molecule has 0 aromatic heterocycles. The summed E-state index contributed by atoms with van der Waals surface area (Å²) in [5, 5.41) is 0. The summed E-state index contributed by atoms with van der Waals surface area (Å²) < 4.78 is 26.6. The fourth-order valence-electron chi connectivity index (χ4n) is 2.72. The second-order valence-corrected chi connectivity index (χ2v) is 8.07. The van der Waals surface area contributed by atoms with Crippen molar-refractivity contribution in [2.24, 2.45) is 5.92 Å². The third-order valence-corrected chi connectivity index (χ3v) is 6.30. The summed E-state index contributed by atoms with van der Waals surface area (Å²) in [7, 11) is -3.44. The molecule has 1 saturated heterocycles. The summed E-state index contributed by atoms with van der Waals surface area (Å²) in [6.45, 7) is 2.75. The Bertz CT molecular complexity index is 605. The van der Waals surface area contributed by atoms with Gasteiger partial charge in [-0.1, -0.05) is 17.7 Å². The zero-order valence-electron chi connectivity index (χ0n) is 12.8. The second kappa shape index (κ2) is 7.57. The van der Waals surface area contributed by atoms with E-state index in [4.69, 9.17) is 11.6 Å². The number of ketones is 1. The first-order chi connectivity index (χ1) is 10.4. The fraction of sp³-hybridized carbons (Fsp3) is 0.562. The van der Waals surface area contributed by atoms with Gasteiger partial charge in [-0.05, 0) is 38.3 Å². The molecule has 0 spiro atoms. The molecule has 0 N–H and O–H groups in total. The van der Waals surface area contributed by atoms with Gasteiger partial charge in [-0.2, -0.15) is 4.31 Å². The molecule has 0 saturated carbocycles. The number of Topliss-reactive ketones (excluding diaryl/α,β-unsaturated/α-hetero) is 1. The lowest BCUT2D eigenvalue weighted by molar-refractivity contribution is -0.123. The highest BCUT2D eigenvalue weighted by Gasteiger charge is 2.31. The van der Waals surface area contributed by atoms with Crippen LogP contribution in [0.1, 0.15) is 31.2 Å². The number of hydrogen-bond acceptors (Lipinski definition) is 3. The Morgan fingerprint density at radius 2 is 1.82 bits per heavy atom. The Hall–Kier alpha value is -0.910. The Morgan fingerprint density at radius 1 is 1.23 bits per heavy atom. The van der Waals surface area contributed by atoms with E-state index in [1.807, 2.05) is 6.92 Å². The minimum atomic E-state index is -3.44. The van der Waals surface area contributed by atoms with E-state index in [0.29, 0.717) is 49.5 Å². The van der Waals surface area contributed by atoms with Crippen LogP contribution in [0.4, 0.5) is 0 Å². The van der Waals surface area contributed by atoms with E-state index in [2.05, 4.69) is 0 Å². The van der Waals surface area contributed by atoms with Gasteiger partial charge in [0, 0.05) is 31.3 Å². The molecule has 1 aliphatic rings. The van der Waals surface area contributed by atoms with Crippen molar-refractivity contribution in [3.8, 4) is 0 Å². The molecule has 0 aliphatic carbocycles. The molecule has 0 bridgehead atoms. The van der Waals surface area contributed by atoms with Crippen LogP contribution in [-0.2, 0) is 14.8 Å². The summed E-state index contributed by atoms with van der Waals surface area (Å²) in [5.74, 6) is 0.688. The van der Waals surface area contributed by atoms with Crippen LogP contribution in [-0.4, -0.2) is 37.5 Å². The second-order valence-electron chi connectivity index (χ2n) is 5.75. The molecule has 0 atom stereocenters. The van der Waals surface area contributed by atoms with Gasteiger partial charge in [0.05, 0.1) is 4.90 Å². The molecule has 1 heterocycles. The maximum Gasteiger partial charge on any atom is 0.243 e. The minimum Gasteiger partial charge on any atom is -0.299 e. The molecule has 0 radical (unpaired) electrons. The average molecular weight is 344 g/mol. The number of alkyl halides is 1. The molecule has 4 nitrogen and oxygen atoms in total. The molecule has 22 heavy (non-hydrogen) atoms. The topological polar surface area (TPSA) is 54.5 Å². The molecule has 6 heteroatoms. The van der Waals surface area contributed by atoms with E-state index >= 15 is 0 Å². The van der Waals surface area contributed by atoms with Gasteiger partial charge in [0.25, 0.3) is 0 Å². The van der Waals surface area contributed by atoms with Gasteiger partial charge in [0.2, 0.25) is 10.0 Å². The first-order valence-electron chi connectivity index (χ1n) is 7.60. The number of piperidine rings is 1. The molecular weight excluding hydrogens is 322 g/mol. The number of nitrogens with zero attached hydrogens (tertiary/aromatic N) is 1. The fourth-order valence-corrected chi connectivity index (χ4v) is 4.33. The first-order valence-corrected chi connectivity index (χ1v) is 9.58. The maximum absolute atomic E-state index is 12.6. The van der Waals surface area contributed by atoms with E-state index in [1.165, 1.54) is 4.31 Å². The molecule has 2 rings (SSSR count). The van der Waals surface area contributed by atoms with E-state index in [0.717, 1.165) is 5.56 Å². The lowest BCUT2D eigenvalue weighted by Crippen LogP contribution is -2.40. The van der Waals surface area contributed by atoms with Crippen molar-refractivity contribution in [1.29, 1.82) is 0 Å². The monoisotopic (exact) mass is 343 g/mol. The Balaban J connectivity index is 1.98. The van der Waals surface area contributed by atoms with Crippen molar-refractivity contribution in [3.05, 3.63) is 29.8 Å². The smallest absolute Gasteiger partial charge is 0.243 e. The molecule has 1 fully saturated rings. The van der Waals surface area contributed by atoms with E-state index < -0.39 is 10.0 Å². The standard InChI is InChI=1S/C16H22ClNO3S/c1-13-4-6-15(7-5-13)22(20,21)18-11-8-14(9-12-18)16(19)3-2-10-17/h4-7,14H,2-3,8-12H2,1H3. The van der Waals surface area contributed by atoms with Crippen molar-refractivity contribution < 1.29 is 13.2 Å². The van der Waals surface area contributed by atoms with Gasteiger partial charge in [0.1, 0.15) is 5.78 Å². The SMILES string of the molecule is Cc1ccc(S(=O)(=O)N2CCC(C(=O)CCCCl)CC2)cc1. The van der Waals surface area contributed by atoms with Crippen molar-refractivity contribution in [2.45, 2.75) is 37.5 Å². The van der Waals surface area contributed by atoms with Crippen LogP contribution in [0.25, 0.3) is 0 Å². The van der Waals surface area contributed by atoms with Crippen LogP contribution in [0.5, 0.6) is 0 Å². The van der Waals surface area contributed by atoms with Gasteiger partial charge in [-0.3, -0.25) is 4.79 Å². The van der Waals surface area contributed by atoms with Crippen LogP contribution in [0.15, 0.2) is 29.2 Å². The van der Waals surface area contributed by atoms with Crippen molar-refractivity contribution >= 4 is 27.4 Å². The summed E-state index contributed by atoms with van der Waals surface area (Å²) in [4.78, 5) is 12.3. The van der Waals surface area contributed by atoms with Gasteiger partial charge in [-0.25, -0.2) is 8.42 Å². The largest absolute Gasteiger partial charge is 0.299 e. The average Bonchev–Trinajstić information content (AvgIpc) is 2.53. The minimum absolute atomic E-state index is 0.0207. The van der Waals surface area contributed by atoms with Crippen LogP contribution < -0.4 is 0 Å². The van der Waals surface area contributed by atoms with Gasteiger partial charge >= 0.3 is 0 Å². The molecule has 1 aliphatic heterocycles. The van der Waals surface area contributed by atoms with Crippen LogP contribution in [0.3, 0.4) is 0 Å². The van der Waals surface area contributed by atoms with Crippen molar-refractivity contribution in [3.63, 3.8) is 0 Å². The van der Waals surface area contributed by atoms with Gasteiger partial charge < -0.3 is 0 Å². The predicted molar refractivity (Wildman–Crippen MR) is 87.6 cm³/mol.